The van der Waals surface area contributed by atoms with Gasteiger partial charge in [0.05, 0.1) is 0 Å². The van der Waals surface area contributed by atoms with Gasteiger partial charge in [-0.15, -0.1) is 0 Å². The molecule has 0 heterocycles. The van der Waals surface area contributed by atoms with E-state index in [2.05, 4.69) is 73.7 Å². The molecule has 1 nitrogen and oxygen atoms in total. The number of hydrogen-bond acceptors (Lipinski definition) is 1. The van der Waals surface area contributed by atoms with E-state index in [9.17, 15) is 4.79 Å². The van der Waals surface area contributed by atoms with Gasteiger partial charge >= 0.3 is 0 Å². The van der Waals surface area contributed by atoms with Crippen LogP contribution in [0, 0.1) is 5.92 Å². The number of carbonyl (C=O) groups excluding carboxylic acids is 1. The van der Waals surface area contributed by atoms with Gasteiger partial charge in [-0.1, -0.05) is 91.9 Å². The van der Waals surface area contributed by atoms with Gasteiger partial charge in [0.25, 0.3) is 0 Å². The number of hydrogen-bond donors (Lipinski definition) is 0. The van der Waals surface area contributed by atoms with Crippen LogP contribution in [-0.4, -0.2) is 5.78 Å². The Morgan fingerprint density at radius 2 is 1.45 bits per heavy atom. The largest absolute Gasteiger partial charge is 0.289 e. The van der Waals surface area contributed by atoms with Crippen molar-refractivity contribution in [2.24, 2.45) is 5.92 Å². The van der Waals surface area contributed by atoms with Gasteiger partial charge < -0.3 is 0 Å². The third-order valence-corrected chi connectivity index (χ3v) is 6.27. The normalized spacial score (nSPS) is 20.0. The van der Waals surface area contributed by atoms with E-state index >= 15 is 0 Å². The third kappa shape index (κ3) is 2.25. The minimum Gasteiger partial charge on any atom is -0.289 e. The monoisotopic (exact) mass is 372 g/mol. The Hall–Kier alpha value is -3.45. The molecule has 3 aromatic rings. The summed E-state index contributed by atoms with van der Waals surface area (Å²) < 4.78 is 0. The topological polar surface area (TPSA) is 17.1 Å². The lowest BCUT2D eigenvalue weighted by molar-refractivity contribution is -0.110. The number of fused-ring (bicyclic) bond motifs is 3. The van der Waals surface area contributed by atoms with E-state index < -0.39 is 0 Å². The maximum atomic E-state index is 13.9. The maximum absolute atomic E-state index is 13.9. The molecule has 0 N–H and O–H groups in total. The van der Waals surface area contributed by atoms with Crippen molar-refractivity contribution in [3.63, 3.8) is 0 Å². The molecule has 138 valence electrons. The van der Waals surface area contributed by atoms with Crippen LogP contribution in [0.15, 0.2) is 96.1 Å². The molecule has 3 aliphatic rings. The average Bonchev–Trinajstić information content (AvgIpc) is 3.22. The molecule has 0 aromatic heterocycles. The van der Waals surface area contributed by atoms with Crippen LogP contribution in [0.1, 0.15) is 30.0 Å². The van der Waals surface area contributed by atoms with Gasteiger partial charge in [0.15, 0.2) is 5.78 Å². The molecule has 0 amide bonds. The van der Waals surface area contributed by atoms with Crippen LogP contribution in [0.25, 0.3) is 27.5 Å². The molecule has 0 fully saturated rings. The van der Waals surface area contributed by atoms with Crippen molar-refractivity contribution in [2.75, 3.05) is 0 Å². The van der Waals surface area contributed by atoms with Crippen molar-refractivity contribution in [2.45, 2.75) is 13.3 Å². The molecule has 1 unspecified atom stereocenters. The molecule has 0 saturated carbocycles. The summed E-state index contributed by atoms with van der Waals surface area (Å²) >= 11 is 0. The lowest BCUT2D eigenvalue weighted by Crippen LogP contribution is -2.07. The predicted molar refractivity (Wildman–Crippen MR) is 120 cm³/mol. The molecule has 1 atom stereocenters. The van der Waals surface area contributed by atoms with Gasteiger partial charge in [-0.3, -0.25) is 4.79 Å². The zero-order valence-electron chi connectivity index (χ0n) is 16.3. The first-order chi connectivity index (χ1) is 14.2. The van der Waals surface area contributed by atoms with Crippen molar-refractivity contribution in [1.29, 1.82) is 0 Å². The van der Waals surface area contributed by atoms with Crippen molar-refractivity contribution in [1.82, 2.24) is 0 Å². The van der Waals surface area contributed by atoms with E-state index in [0.717, 1.165) is 39.8 Å². The number of carbonyl (C=O) groups is 1. The van der Waals surface area contributed by atoms with Crippen LogP contribution in [0.4, 0.5) is 0 Å². The molecule has 0 aliphatic heterocycles. The number of ketones is 1. The fourth-order valence-electron chi connectivity index (χ4n) is 5.06. The third-order valence-electron chi connectivity index (χ3n) is 6.27. The summed E-state index contributed by atoms with van der Waals surface area (Å²) in [6.45, 7) is 2.21. The van der Waals surface area contributed by atoms with Gasteiger partial charge in [-0.05, 0) is 45.4 Å². The number of Topliss-reactive ketones (excluding diaryl/α,β-unsaturated/α-hetero) is 1. The number of rotatable bonds is 2. The standard InChI is InChI=1S/C28H20O/c1-17-8-5-13-20(16-17)25-27-22-15-7-12-18-11-6-14-21(23(18)22)26(27)24(28(25)29)19-9-3-2-4-10-19/h2-7,9-17H,8H2,1H3. The van der Waals surface area contributed by atoms with Crippen LogP contribution < -0.4 is 0 Å². The molecule has 0 saturated heterocycles. The number of benzene rings is 3. The summed E-state index contributed by atoms with van der Waals surface area (Å²) in [7, 11) is 0. The molecule has 29 heavy (non-hydrogen) atoms. The van der Waals surface area contributed by atoms with Gasteiger partial charge in [-0.25, -0.2) is 0 Å². The molecule has 0 spiro atoms. The molecule has 0 bridgehead atoms. The molecular formula is C28H20O. The Labute approximate surface area is 170 Å². The second-order valence-corrected chi connectivity index (χ2v) is 8.14. The number of allylic oxidation sites excluding steroid dienone is 8. The Balaban J connectivity index is 1.73. The molecule has 6 rings (SSSR count). The fraction of sp³-hybridized carbons (Fsp3) is 0.107. The van der Waals surface area contributed by atoms with E-state index in [4.69, 9.17) is 0 Å². The highest BCUT2D eigenvalue weighted by molar-refractivity contribution is 6.51. The van der Waals surface area contributed by atoms with Crippen LogP contribution in [0.5, 0.6) is 0 Å². The minimum absolute atomic E-state index is 0.151. The Bertz CT molecular complexity index is 1320. The summed E-state index contributed by atoms with van der Waals surface area (Å²) in [5.74, 6) is 0.595. The Morgan fingerprint density at radius 1 is 0.759 bits per heavy atom. The first-order valence-corrected chi connectivity index (χ1v) is 10.2. The summed E-state index contributed by atoms with van der Waals surface area (Å²) in [5, 5.41) is 2.50. The van der Waals surface area contributed by atoms with Crippen molar-refractivity contribution < 1.29 is 4.79 Å². The Kier molecular flexibility index (Phi) is 3.43. The van der Waals surface area contributed by atoms with Crippen LogP contribution in [0.3, 0.4) is 0 Å². The van der Waals surface area contributed by atoms with E-state index in [-0.39, 0.29) is 5.78 Å². The predicted octanol–water partition coefficient (Wildman–Crippen LogP) is 6.62. The van der Waals surface area contributed by atoms with Gasteiger partial charge in [0.2, 0.25) is 0 Å². The molecule has 3 aliphatic carbocycles. The quantitative estimate of drug-likeness (QED) is 0.494. The van der Waals surface area contributed by atoms with E-state index in [1.165, 1.54) is 21.9 Å². The lowest BCUT2D eigenvalue weighted by atomic mass is 9.88. The van der Waals surface area contributed by atoms with Gasteiger partial charge in [-0.2, -0.15) is 0 Å². The zero-order chi connectivity index (χ0) is 19.5. The zero-order valence-corrected chi connectivity index (χ0v) is 16.3. The van der Waals surface area contributed by atoms with Gasteiger partial charge in [0.1, 0.15) is 0 Å². The highest BCUT2D eigenvalue weighted by Crippen LogP contribution is 2.56. The Morgan fingerprint density at radius 3 is 2.14 bits per heavy atom. The fourth-order valence-corrected chi connectivity index (χ4v) is 5.06. The van der Waals surface area contributed by atoms with Crippen LogP contribution >= 0.6 is 0 Å². The van der Waals surface area contributed by atoms with E-state index in [1.807, 2.05) is 18.2 Å². The minimum atomic E-state index is 0.151. The highest BCUT2D eigenvalue weighted by Gasteiger charge is 2.40. The van der Waals surface area contributed by atoms with Crippen LogP contribution in [-0.2, 0) is 4.79 Å². The molecule has 3 aromatic carbocycles. The average molecular weight is 372 g/mol. The molecular weight excluding hydrogens is 352 g/mol. The molecule has 1 heteroatoms. The first kappa shape index (κ1) is 16.5. The van der Waals surface area contributed by atoms with E-state index in [0.29, 0.717) is 5.92 Å². The van der Waals surface area contributed by atoms with Crippen molar-refractivity contribution in [3.05, 3.63) is 113 Å². The second-order valence-electron chi connectivity index (χ2n) is 8.14. The second kappa shape index (κ2) is 6.02. The summed E-state index contributed by atoms with van der Waals surface area (Å²) in [5.41, 5.74) is 8.37. The first-order valence-electron chi connectivity index (χ1n) is 10.2. The van der Waals surface area contributed by atoms with Crippen LogP contribution in [0.2, 0.25) is 0 Å². The smallest absolute Gasteiger partial charge is 0.195 e. The van der Waals surface area contributed by atoms with Crippen molar-refractivity contribution in [3.8, 4) is 0 Å². The maximum Gasteiger partial charge on any atom is 0.195 e. The summed E-state index contributed by atoms with van der Waals surface area (Å²) in [4.78, 5) is 13.9. The van der Waals surface area contributed by atoms with E-state index in [1.54, 1.807) is 0 Å². The van der Waals surface area contributed by atoms with Crippen molar-refractivity contribution >= 4 is 33.3 Å². The molecule has 0 radical (unpaired) electrons. The summed E-state index contributed by atoms with van der Waals surface area (Å²) in [6.07, 6.45) is 7.62. The van der Waals surface area contributed by atoms with Gasteiger partial charge in [0, 0.05) is 22.3 Å². The lowest BCUT2D eigenvalue weighted by Gasteiger charge is -2.15. The highest BCUT2D eigenvalue weighted by atomic mass is 16.1. The SMILES string of the molecule is CC1C=C(C2=C3C(=C(c4ccccc4)C2=O)c2cccc4cccc3c24)C=CC1. The summed E-state index contributed by atoms with van der Waals surface area (Å²) in [6, 6.07) is 23.0.